The van der Waals surface area contributed by atoms with E-state index in [-0.39, 0.29) is 0 Å². The van der Waals surface area contributed by atoms with Crippen LogP contribution in [0.5, 0.6) is 0 Å². The number of carboxylic acid groups (broad SMARTS) is 1. The van der Waals surface area contributed by atoms with Gasteiger partial charge in [0.05, 0.1) is 13.2 Å². The topological polar surface area (TPSA) is 53.0 Å². The highest BCUT2D eigenvalue weighted by molar-refractivity contribution is 5.80. The van der Waals surface area contributed by atoms with Crippen molar-refractivity contribution in [2.45, 2.75) is 5.54 Å². The molecule has 0 spiro atoms. The number of piperazine rings is 1. The summed E-state index contributed by atoms with van der Waals surface area (Å²) in [6.07, 6.45) is 0. The first-order chi connectivity index (χ1) is 6.65. The number of ether oxygens (including phenoxy) is 1. The van der Waals surface area contributed by atoms with Gasteiger partial charge in [0, 0.05) is 26.2 Å². The van der Waals surface area contributed by atoms with E-state index in [1.165, 1.54) is 0 Å². The van der Waals surface area contributed by atoms with Crippen LogP contribution in [-0.4, -0.2) is 72.9 Å². The summed E-state index contributed by atoms with van der Waals surface area (Å²) < 4.78 is 5.04. The molecule has 0 unspecified atom stereocenters. The minimum atomic E-state index is -0.742. The van der Waals surface area contributed by atoms with E-state index in [9.17, 15) is 4.79 Å². The zero-order chi connectivity index (χ0) is 10.2. The Balaban J connectivity index is 2.02. The summed E-state index contributed by atoms with van der Waals surface area (Å²) in [6, 6.07) is 0. The fourth-order valence-electron chi connectivity index (χ4n) is 1.97. The van der Waals surface area contributed by atoms with Crippen LogP contribution in [0.4, 0.5) is 0 Å². The van der Waals surface area contributed by atoms with Gasteiger partial charge < -0.3 is 14.7 Å². The van der Waals surface area contributed by atoms with Crippen molar-refractivity contribution in [3.8, 4) is 0 Å². The summed E-state index contributed by atoms with van der Waals surface area (Å²) in [6.45, 7) is 4.21. The molecule has 80 valence electrons. The zero-order valence-corrected chi connectivity index (χ0v) is 8.40. The summed E-state index contributed by atoms with van der Waals surface area (Å²) in [5, 5.41) is 9.17. The minimum Gasteiger partial charge on any atom is -0.480 e. The van der Waals surface area contributed by atoms with Crippen LogP contribution in [0, 0.1) is 0 Å². The summed E-state index contributed by atoms with van der Waals surface area (Å²) in [4.78, 5) is 15.4. The van der Waals surface area contributed by atoms with Crippen LogP contribution in [0.2, 0.25) is 0 Å². The van der Waals surface area contributed by atoms with E-state index >= 15 is 0 Å². The van der Waals surface area contributed by atoms with E-state index < -0.39 is 11.5 Å². The molecule has 2 rings (SSSR count). The second-order valence-corrected chi connectivity index (χ2v) is 4.12. The van der Waals surface area contributed by atoms with E-state index in [2.05, 4.69) is 11.9 Å². The molecule has 2 aliphatic heterocycles. The van der Waals surface area contributed by atoms with Gasteiger partial charge in [-0.3, -0.25) is 9.69 Å². The summed E-state index contributed by atoms with van der Waals surface area (Å²) in [5.74, 6) is -0.742. The lowest BCUT2D eigenvalue weighted by Gasteiger charge is -2.48. The van der Waals surface area contributed by atoms with Gasteiger partial charge in [-0.25, -0.2) is 0 Å². The summed E-state index contributed by atoms with van der Waals surface area (Å²) in [5.41, 5.74) is -0.721. The molecule has 5 heteroatoms. The molecule has 0 radical (unpaired) electrons. The van der Waals surface area contributed by atoms with Crippen molar-refractivity contribution in [2.24, 2.45) is 0 Å². The van der Waals surface area contributed by atoms with Crippen molar-refractivity contribution in [1.29, 1.82) is 0 Å². The van der Waals surface area contributed by atoms with Gasteiger partial charge in [0.15, 0.2) is 5.54 Å². The highest BCUT2D eigenvalue weighted by Crippen LogP contribution is 2.26. The number of nitrogens with zero attached hydrogens (tertiary/aromatic N) is 2. The molecule has 0 aliphatic carbocycles. The Morgan fingerprint density at radius 1 is 1.29 bits per heavy atom. The van der Waals surface area contributed by atoms with Gasteiger partial charge in [0.2, 0.25) is 0 Å². The third-order valence-electron chi connectivity index (χ3n) is 3.19. The van der Waals surface area contributed by atoms with E-state index in [0.29, 0.717) is 13.2 Å². The first-order valence-corrected chi connectivity index (χ1v) is 4.90. The highest BCUT2D eigenvalue weighted by Gasteiger charge is 2.51. The van der Waals surface area contributed by atoms with E-state index in [0.717, 1.165) is 26.2 Å². The van der Waals surface area contributed by atoms with Crippen LogP contribution in [0.15, 0.2) is 0 Å². The number of hydrogen-bond donors (Lipinski definition) is 1. The molecule has 0 aromatic rings. The van der Waals surface area contributed by atoms with E-state index in [1.54, 1.807) is 0 Å². The van der Waals surface area contributed by atoms with Crippen LogP contribution in [-0.2, 0) is 9.53 Å². The highest BCUT2D eigenvalue weighted by atomic mass is 16.5. The van der Waals surface area contributed by atoms with Crippen LogP contribution in [0.1, 0.15) is 0 Å². The standard InChI is InChI=1S/C9H16N2O3/c1-10-2-4-11(5-3-10)9(8(12)13)6-14-7-9/h2-7H2,1H3,(H,12,13). The van der Waals surface area contributed by atoms with Gasteiger partial charge in [-0.2, -0.15) is 0 Å². The van der Waals surface area contributed by atoms with Crippen molar-refractivity contribution in [2.75, 3.05) is 46.4 Å². The monoisotopic (exact) mass is 200 g/mol. The lowest BCUT2D eigenvalue weighted by atomic mass is 9.94. The average molecular weight is 200 g/mol. The third kappa shape index (κ3) is 1.41. The molecule has 2 fully saturated rings. The van der Waals surface area contributed by atoms with Crippen molar-refractivity contribution in [3.05, 3.63) is 0 Å². The fourth-order valence-corrected chi connectivity index (χ4v) is 1.97. The lowest BCUT2D eigenvalue weighted by molar-refractivity contribution is -0.190. The van der Waals surface area contributed by atoms with Gasteiger partial charge in [-0.05, 0) is 7.05 Å². The van der Waals surface area contributed by atoms with Crippen LogP contribution >= 0.6 is 0 Å². The molecule has 0 amide bonds. The molecule has 1 N–H and O–H groups in total. The second-order valence-electron chi connectivity index (χ2n) is 4.12. The van der Waals surface area contributed by atoms with E-state index in [1.807, 2.05) is 4.90 Å². The molecular formula is C9H16N2O3. The summed E-state index contributed by atoms with van der Waals surface area (Å²) in [7, 11) is 2.06. The molecular weight excluding hydrogens is 184 g/mol. The maximum absolute atomic E-state index is 11.1. The van der Waals surface area contributed by atoms with Gasteiger partial charge in [-0.1, -0.05) is 0 Å². The van der Waals surface area contributed by atoms with E-state index in [4.69, 9.17) is 9.84 Å². The van der Waals surface area contributed by atoms with Gasteiger partial charge in [0.1, 0.15) is 0 Å². The predicted octanol–water partition coefficient (Wildman–Crippen LogP) is -0.913. The molecule has 0 atom stereocenters. The van der Waals surface area contributed by atoms with Crippen molar-refractivity contribution < 1.29 is 14.6 Å². The Bertz CT molecular complexity index is 232. The molecule has 0 saturated carbocycles. The Labute approximate surface area is 83.2 Å². The maximum atomic E-state index is 11.1. The van der Waals surface area contributed by atoms with Crippen LogP contribution in [0.25, 0.3) is 0 Å². The SMILES string of the molecule is CN1CCN(C2(C(=O)O)COC2)CC1. The first kappa shape index (κ1) is 9.89. The maximum Gasteiger partial charge on any atom is 0.328 e. The lowest BCUT2D eigenvalue weighted by Crippen LogP contribution is -2.69. The first-order valence-electron chi connectivity index (χ1n) is 4.90. The molecule has 5 nitrogen and oxygen atoms in total. The van der Waals surface area contributed by atoms with Crippen molar-refractivity contribution >= 4 is 5.97 Å². The van der Waals surface area contributed by atoms with Gasteiger partial charge in [-0.15, -0.1) is 0 Å². The van der Waals surface area contributed by atoms with Crippen molar-refractivity contribution in [3.63, 3.8) is 0 Å². The molecule has 2 saturated heterocycles. The van der Waals surface area contributed by atoms with Gasteiger partial charge in [0.25, 0.3) is 0 Å². The smallest absolute Gasteiger partial charge is 0.328 e. The van der Waals surface area contributed by atoms with Crippen molar-refractivity contribution in [1.82, 2.24) is 9.80 Å². The minimum absolute atomic E-state index is 0.339. The fraction of sp³-hybridized carbons (Fsp3) is 0.889. The molecule has 0 aromatic carbocycles. The van der Waals surface area contributed by atoms with Crippen LogP contribution < -0.4 is 0 Å². The normalized spacial score (nSPS) is 28.4. The molecule has 2 aliphatic rings. The Hall–Kier alpha value is -0.650. The van der Waals surface area contributed by atoms with Gasteiger partial charge >= 0.3 is 5.97 Å². The third-order valence-corrected chi connectivity index (χ3v) is 3.19. The number of hydrogen-bond acceptors (Lipinski definition) is 4. The number of aliphatic carboxylic acids is 1. The molecule has 0 aromatic heterocycles. The average Bonchev–Trinajstić information content (AvgIpc) is 2.05. The Kier molecular flexibility index (Phi) is 2.47. The largest absolute Gasteiger partial charge is 0.480 e. The number of carbonyl (C=O) groups is 1. The molecule has 2 heterocycles. The number of likely N-dealkylation sites (N-methyl/N-ethyl adjacent to an activating group) is 1. The summed E-state index contributed by atoms with van der Waals surface area (Å²) >= 11 is 0. The molecule has 14 heavy (non-hydrogen) atoms. The number of carboxylic acids is 1. The Morgan fingerprint density at radius 2 is 1.86 bits per heavy atom. The van der Waals surface area contributed by atoms with Crippen LogP contribution in [0.3, 0.4) is 0 Å². The molecule has 0 bridgehead atoms. The zero-order valence-electron chi connectivity index (χ0n) is 8.40. The second kappa shape index (κ2) is 3.49. The Morgan fingerprint density at radius 3 is 2.21 bits per heavy atom. The predicted molar refractivity (Wildman–Crippen MR) is 50.3 cm³/mol. The number of rotatable bonds is 2. The quantitative estimate of drug-likeness (QED) is 0.625.